The van der Waals surface area contributed by atoms with Crippen LogP contribution in [0.4, 0.5) is 18.9 Å². The van der Waals surface area contributed by atoms with E-state index in [-0.39, 0.29) is 5.69 Å². The number of hydrogen-bond donors (Lipinski definition) is 1. The number of rotatable bonds is 4. The minimum atomic E-state index is -4.34. The maximum atomic E-state index is 13.6. The predicted octanol–water partition coefficient (Wildman–Crippen LogP) is 3.47. The lowest BCUT2D eigenvalue weighted by Crippen LogP contribution is -2.16. The van der Waals surface area contributed by atoms with E-state index in [4.69, 9.17) is 0 Å². The third kappa shape index (κ3) is 3.18. The van der Waals surface area contributed by atoms with Gasteiger partial charge < -0.3 is 0 Å². The van der Waals surface area contributed by atoms with Crippen molar-refractivity contribution in [1.29, 1.82) is 0 Å². The number of aryl methyl sites for hydroxylation is 1. The van der Waals surface area contributed by atoms with Gasteiger partial charge in [0.15, 0.2) is 17.5 Å². The minimum absolute atomic E-state index is 0.221. The summed E-state index contributed by atoms with van der Waals surface area (Å²) >= 11 is 0. The van der Waals surface area contributed by atoms with E-state index in [0.29, 0.717) is 18.6 Å². The molecule has 0 radical (unpaired) electrons. The second-order valence-corrected chi connectivity index (χ2v) is 5.98. The van der Waals surface area contributed by atoms with Crippen LogP contribution in [0.5, 0.6) is 0 Å². The predicted molar refractivity (Wildman–Crippen MR) is 72.9 cm³/mol. The molecule has 2 aromatic carbocycles. The van der Waals surface area contributed by atoms with Crippen LogP contribution in [0.1, 0.15) is 12.5 Å². The summed E-state index contributed by atoms with van der Waals surface area (Å²) in [7, 11) is -4.34. The highest BCUT2D eigenvalue weighted by atomic mass is 32.2. The van der Waals surface area contributed by atoms with E-state index in [0.717, 1.165) is 5.56 Å². The Morgan fingerprint density at radius 1 is 1.05 bits per heavy atom. The van der Waals surface area contributed by atoms with Crippen LogP contribution in [-0.2, 0) is 16.4 Å². The average Bonchev–Trinajstić information content (AvgIpc) is 2.44. The molecule has 0 amide bonds. The third-order valence-electron chi connectivity index (χ3n) is 2.88. The van der Waals surface area contributed by atoms with Gasteiger partial charge in [-0.25, -0.2) is 21.6 Å². The molecule has 21 heavy (non-hydrogen) atoms. The van der Waals surface area contributed by atoms with Crippen molar-refractivity contribution >= 4 is 15.7 Å². The molecule has 0 saturated carbocycles. The zero-order valence-corrected chi connectivity index (χ0v) is 11.8. The maximum Gasteiger partial charge on any atom is 0.264 e. The van der Waals surface area contributed by atoms with E-state index in [1.807, 2.05) is 6.92 Å². The highest BCUT2D eigenvalue weighted by Gasteiger charge is 2.24. The molecule has 2 rings (SSSR count). The number of halogens is 3. The quantitative estimate of drug-likeness (QED) is 0.878. The van der Waals surface area contributed by atoms with Crippen molar-refractivity contribution < 1.29 is 21.6 Å². The Hall–Kier alpha value is -2.02. The summed E-state index contributed by atoms with van der Waals surface area (Å²) in [4.78, 5) is -0.941. The largest absolute Gasteiger partial charge is 0.280 e. The highest BCUT2D eigenvalue weighted by molar-refractivity contribution is 7.92. The Morgan fingerprint density at radius 2 is 1.76 bits per heavy atom. The lowest BCUT2D eigenvalue weighted by atomic mass is 10.1. The van der Waals surface area contributed by atoms with Crippen LogP contribution >= 0.6 is 0 Å². The number of benzene rings is 2. The molecule has 0 unspecified atom stereocenters. The van der Waals surface area contributed by atoms with Crippen LogP contribution < -0.4 is 4.72 Å². The van der Waals surface area contributed by atoms with Gasteiger partial charge in [-0.1, -0.05) is 19.1 Å². The van der Waals surface area contributed by atoms with E-state index in [1.165, 1.54) is 6.07 Å². The fourth-order valence-electron chi connectivity index (χ4n) is 1.78. The number of anilines is 1. The molecule has 3 nitrogen and oxygen atoms in total. The Kier molecular flexibility index (Phi) is 4.22. The van der Waals surface area contributed by atoms with E-state index < -0.39 is 32.4 Å². The van der Waals surface area contributed by atoms with Crippen LogP contribution in [-0.4, -0.2) is 8.42 Å². The molecule has 0 saturated heterocycles. The zero-order valence-electron chi connectivity index (χ0n) is 11.0. The van der Waals surface area contributed by atoms with Crippen molar-refractivity contribution in [1.82, 2.24) is 0 Å². The molecular weight excluding hydrogens is 303 g/mol. The topological polar surface area (TPSA) is 46.2 Å². The molecule has 0 atom stereocenters. The fourth-order valence-corrected chi connectivity index (χ4v) is 2.90. The normalized spacial score (nSPS) is 11.4. The third-order valence-corrected chi connectivity index (χ3v) is 4.28. The maximum absolute atomic E-state index is 13.6. The summed E-state index contributed by atoms with van der Waals surface area (Å²) in [5, 5.41) is 0. The van der Waals surface area contributed by atoms with Gasteiger partial charge in [-0.15, -0.1) is 0 Å². The monoisotopic (exact) mass is 315 g/mol. The standard InChI is InChI=1S/C14H12F3NO2S/c1-2-9-4-3-5-10(8-9)18-21(19,20)12-7-6-11(15)13(16)14(12)17/h3-8,18H,2H2,1H3. The van der Waals surface area contributed by atoms with Crippen molar-refractivity contribution in [3.8, 4) is 0 Å². The molecule has 0 aromatic heterocycles. The second kappa shape index (κ2) is 5.77. The first-order chi connectivity index (χ1) is 9.85. The molecule has 0 aliphatic rings. The first kappa shape index (κ1) is 15.4. The Morgan fingerprint density at radius 3 is 2.43 bits per heavy atom. The first-order valence-electron chi connectivity index (χ1n) is 6.10. The summed E-state index contributed by atoms with van der Waals surface area (Å²) in [5.74, 6) is -5.01. The van der Waals surface area contributed by atoms with Crippen molar-refractivity contribution in [3.05, 3.63) is 59.4 Å². The van der Waals surface area contributed by atoms with Gasteiger partial charge in [0.05, 0.1) is 0 Å². The molecule has 0 heterocycles. The van der Waals surface area contributed by atoms with Crippen molar-refractivity contribution in [2.45, 2.75) is 18.2 Å². The van der Waals surface area contributed by atoms with Gasteiger partial charge in [-0.3, -0.25) is 4.72 Å². The van der Waals surface area contributed by atoms with Gasteiger partial charge in [0.2, 0.25) is 0 Å². The van der Waals surface area contributed by atoms with Gasteiger partial charge in [0, 0.05) is 5.69 Å². The molecule has 0 spiro atoms. The molecule has 2 aromatic rings. The number of sulfonamides is 1. The second-order valence-electron chi connectivity index (χ2n) is 4.33. The Balaban J connectivity index is 2.41. The molecular formula is C14H12F3NO2S. The summed E-state index contributed by atoms with van der Waals surface area (Å²) in [6.45, 7) is 1.89. The number of nitrogens with one attached hydrogen (secondary N) is 1. The van der Waals surface area contributed by atoms with Gasteiger partial charge in [0.25, 0.3) is 10.0 Å². The fraction of sp³-hybridized carbons (Fsp3) is 0.143. The van der Waals surface area contributed by atoms with Gasteiger partial charge in [-0.2, -0.15) is 0 Å². The Bertz CT molecular complexity index is 776. The van der Waals surface area contributed by atoms with Crippen molar-refractivity contribution in [2.75, 3.05) is 4.72 Å². The summed E-state index contributed by atoms with van der Waals surface area (Å²) in [6.07, 6.45) is 0.690. The molecule has 7 heteroatoms. The van der Waals surface area contributed by atoms with E-state index >= 15 is 0 Å². The average molecular weight is 315 g/mol. The lowest BCUT2D eigenvalue weighted by Gasteiger charge is -2.10. The van der Waals surface area contributed by atoms with Crippen molar-refractivity contribution in [2.24, 2.45) is 0 Å². The summed E-state index contributed by atoms with van der Waals surface area (Å²) in [6, 6.07) is 7.74. The van der Waals surface area contributed by atoms with Crippen LogP contribution in [0, 0.1) is 17.5 Å². The molecule has 0 bridgehead atoms. The van der Waals surface area contributed by atoms with E-state index in [2.05, 4.69) is 4.72 Å². The molecule has 0 aliphatic carbocycles. The highest BCUT2D eigenvalue weighted by Crippen LogP contribution is 2.22. The zero-order chi connectivity index (χ0) is 15.6. The van der Waals surface area contributed by atoms with Gasteiger partial charge in [0.1, 0.15) is 4.90 Å². The molecule has 0 fully saturated rings. The van der Waals surface area contributed by atoms with Crippen molar-refractivity contribution in [3.63, 3.8) is 0 Å². The lowest BCUT2D eigenvalue weighted by molar-refractivity contribution is 0.432. The summed E-state index contributed by atoms with van der Waals surface area (Å²) in [5.41, 5.74) is 1.10. The molecule has 0 aliphatic heterocycles. The smallest absolute Gasteiger partial charge is 0.264 e. The van der Waals surface area contributed by atoms with E-state index in [1.54, 1.807) is 18.2 Å². The van der Waals surface area contributed by atoms with Crippen LogP contribution in [0.25, 0.3) is 0 Å². The minimum Gasteiger partial charge on any atom is -0.280 e. The molecule has 1 N–H and O–H groups in total. The van der Waals surface area contributed by atoms with Crippen LogP contribution in [0.15, 0.2) is 41.3 Å². The number of hydrogen-bond acceptors (Lipinski definition) is 2. The molecule has 112 valence electrons. The SMILES string of the molecule is CCc1cccc(NS(=O)(=O)c2ccc(F)c(F)c2F)c1. The first-order valence-corrected chi connectivity index (χ1v) is 7.58. The van der Waals surface area contributed by atoms with E-state index in [9.17, 15) is 21.6 Å². The summed E-state index contributed by atoms with van der Waals surface area (Å²) < 4.78 is 65.8. The van der Waals surface area contributed by atoms with Gasteiger partial charge in [-0.05, 0) is 36.2 Å². The van der Waals surface area contributed by atoms with Crippen LogP contribution in [0.3, 0.4) is 0 Å². The Labute approximate surface area is 120 Å². The van der Waals surface area contributed by atoms with Gasteiger partial charge >= 0.3 is 0 Å². The van der Waals surface area contributed by atoms with Crippen LogP contribution in [0.2, 0.25) is 0 Å².